The number of rotatable bonds is 7. The van der Waals surface area contributed by atoms with E-state index in [1.54, 1.807) is 18.4 Å². The minimum absolute atomic E-state index is 0.0357. The average Bonchev–Trinajstić information content (AvgIpc) is 3.39. The molecule has 162 valence electrons. The topological polar surface area (TPSA) is 58.6 Å². The van der Waals surface area contributed by atoms with Crippen LogP contribution in [-0.4, -0.2) is 49.6 Å². The Morgan fingerprint density at radius 2 is 1.93 bits per heavy atom. The summed E-state index contributed by atoms with van der Waals surface area (Å²) in [7, 11) is 1.63. The monoisotopic (exact) mass is 428 g/mol. The Hall–Kier alpha value is -1.92. The number of fused-ring (bicyclic) bond motifs is 1. The second-order valence-electron chi connectivity index (χ2n) is 8.52. The summed E-state index contributed by atoms with van der Waals surface area (Å²) in [6, 6.07) is 8.43. The Morgan fingerprint density at radius 3 is 2.73 bits per heavy atom. The quantitative estimate of drug-likeness (QED) is 0.666. The number of nitrogens with one attached hydrogen (secondary N) is 1. The molecule has 4 rings (SSSR count). The Labute approximate surface area is 182 Å². The molecule has 2 aliphatic rings. The maximum absolute atomic E-state index is 13.2. The highest BCUT2D eigenvalue weighted by atomic mass is 32.1. The van der Waals surface area contributed by atoms with Crippen LogP contribution in [0.25, 0.3) is 10.1 Å². The number of benzene rings is 1. The van der Waals surface area contributed by atoms with Crippen molar-refractivity contribution in [2.45, 2.75) is 57.4 Å². The zero-order valence-electron chi connectivity index (χ0n) is 17.8. The first kappa shape index (κ1) is 21.3. The van der Waals surface area contributed by atoms with Gasteiger partial charge in [0.1, 0.15) is 0 Å². The first-order valence-corrected chi connectivity index (χ1v) is 12.1. The molecule has 1 aliphatic heterocycles. The molecule has 2 amide bonds. The molecule has 1 saturated carbocycles. The van der Waals surface area contributed by atoms with Gasteiger partial charge in [-0.25, -0.2) is 0 Å². The van der Waals surface area contributed by atoms with Gasteiger partial charge in [-0.3, -0.25) is 9.59 Å². The van der Waals surface area contributed by atoms with E-state index in [0.717, 1.165) is 59.2 Å². The van der Waals surface area contributed by atoms with E-state index >= 15 is 0 Å². The van der Waals surface area contributed by atoms with Crippen LogP contribution in [0.15, 0.2) is 24.3 Å². The van der Waals surface area contributed by atoms with Gasteiger partial charge in [-0.15, -0.1) is 11.3 Å². The number of likely N-dealkylation sites (tertiary alicyclic amines) is 1. The molecular weight excluding hydrogens is 396 g/mol. The third kappa shape index (κ3) is 4.54. The minimum atomic E-state index is -0.0357. The van der Waals surface area contributed by atoms with Crippen molar-refractivity contribution >= 4 is 33.2 Å². The minimum Gasteiger partial charge on any atom is -0.383 e. The van der Waals surface area contributed by atoms with Crippen LogP contribution in [0.3, 0.4) is 0 Å². The fourth-order valence-electron chi connectivity index (χ4n) is 4.99. The lowest BCUT2D eigenvalue weighted by Gasteiger charge is -2.31. The van der Waals surface area contributed by atoms with Crippen LogP contribution >= 0.6 is 11.3 Å². The van der Waals surface area contributed by atoms with Crippen LogP contribution in [0.1, 0.15) is 60.2 Å². The molecule has 1 aromatic carbocycles. The van der Waals surface area contributed by atoms with Crippen LogP contribution in [0, 0.1) is 5.92 Å². The van der Waals surface area contributed by atoms with Crippen molar-refractivity contribution in [2.75, 3.05) is 26.8 Å². The van der Waals surface area contributed by atoms with Gasteiger partial charge >= 0.3 is 0 Å². The number of hydrogen-bond donors (Lipinski definition) is 1. The molecule has 1 N–H and O–H groups in total. The highest BCUT2D eigenvalue weighted by Crippen LogP contribution is 2.35. The molecule has 0 radical (unpaired) electrons. The van der Waals surface area contributed by atoms with Gasteiger partial charge in [0.15, 0.2) is 0 Å². The van der Waals surface area contributed by atoms with Gasteiger partial charge in [-0.05, 0) is 49.1 Å². The summed E-state index contributed by atoms with van der Waals surface area (Å²) in [6.07, 6.45) is 8.53. The molecule has 2 fully saturated rings. The third-order valence-corrected chi connectivity index (χ3v) is 7.76. The zero-order chi connectivity index (χ0) is 20.9. The van der Waals surface area contributed by atoms with Gasteiger partial charge in [0.25, 0.3) is 5.91 Å². The molecule has 1 aromatic heterocycles. The number of carbonyl (C=O) groups excluding carboxylic acids is 2. The maximum Gasteiger partial charge on any atom is 0.261 e. The summed E-state index contributed by atoms with van der Waals surface area (Å²) in [4.78, 5) is 29.1. The Kier molecular flexibility index (Phi) is 7.05. The molecule has 30 heavy (non-hydrogen) atoms. The summed E-state index contributed by atoms with van der Waals surface area (Å²) in [5.74, 6) is 0.518. The third-order valence-electron chi connectivity index (χ3n) is 6.55. The van der Waals surface area contributed by atoms with Gasteiger partial charge in [0.2, 0.25) is 5.91 Å². The van der Waals surface area contributed by atoms with Crippen LogP contribution in [0.4, 0.5) is 0 Å². The normalized spacial score (nSPS) is 20.0. The molecule has 1 saturated heterocycles. The number of thiophene rings is 1. The van der Waals surface area contributed by atoms with E-state index in [1.807, 2.05) is 12.1 Å². The fourth-order valence-corrected chi connectivity index (χ4v) is 6.14. The Bertz CT molecular complexity index is 888. The molecule has 5 nitrogen and oxygen atoms in total. The second kappa shape index (κ2) is 9.92. The van der Waals surface area contributed by atoms with Crippen LogP contribution in [0.2, 0.25) is 0 Å². The van der Waals surface area contributed by atoms with Crippen molar-refractivity contribution in [1.29, 1.82) is 0 Å². The van der Waals surface area contributed by atoms with Gasteiger partial charge in [-0.1, -0.05) is 37.5 Å². The highest BCUT2D eigenvalue weighted by molar-refractivity contribution is 7.21. The number of carbonyl (C=O) groups is 2. The van der Waals surface area contributed by atoms with E-state index in [4.69, 9.17) is 4.74 Å². The summed E-state index contributed by atoms with van der Waals surface area (Å²) >= 11 is 1.55. The molecule has 0 spiro atoms. The van der Waals surface area contributed by atoms with Gasteiger partial charge in [0, 0.05) is 36.9 Å². The number of nitrogens with zero attached hydrogens (tertiary/aromatic N) is 1. The van der Waals surface area contributed by atoms with Gasteiger partial charge in [-0.2, -0.15) is 0 Å². The van der Waals surface area contributed by atoms with Crippen molar-refractivity contribution < 1.29 is 14.3 Å². The predicted octanol–water partition coefficient (Wildman–Crippen LogP) is 4.39. The van der Waals surface area contributed by atoms with Crippen LogP contribution in [0.5, 0.6) is 0 Å². The van der Waals surface area contributed by atoms with Gasteiger partial charge in [0.05, 0.1) is 11.5 Å². The largest absolute Gasteiger partial charge is 0.383 e. The Morgan fingerprint density at radius 1 is 1.13 bits per heavy atom. The predicted molar refractivity (Wildman–Crippen MR) is 121 cm³/mol. The van der Waals surface area contributed by atoms with Gasteiger partial charge < -0.3 is 15.0 Å². The van der Waals surface area contributed by atoms with Crippen molar-refractivity contribution in [1.82, 2.24) is 10.2 Å². The maximum atomic E-state index is 13.2. The highest BCUT2D eigenvalue weighted by Gasteiger charge is 2.34. The summed E-state index contributed by atoms with van der Waals surface area (Å²) < 4.78 is 6.20. The standard InChI is InChI=1S/C24H32N2O3S/c1-29-15-13-25-23(27)22-20(19-11-5-6-12-21(19)30-22)16-18-10-7-14-26(18)24(28)17-8-3-2-4-9-17/h5-6,11-12,17-18H,2-4,7-10,13-16H2,1H3,(H,25,27)/t18-/m0/s1. The van der Waals surface area contributed by atoms with Crippen molar-refractivity contribution in [3.8, 4) is 0 Å². The van der Waals surface area contributed by atoms with E-state index < -0.39 is 0 Å². The molecule has 1 aliphatic carbocycles. The number of amides is 2. The van der Waals surface area contributed by atoms with Crippen molar-refractivity contribution in [3.63, 3.8) is 0 Å². The smallest absolute Gasteiger partial charge is 0.261 e. The van der Waals surface area contributed by atoms with E-state index in [-0.39, 0.29) is 17.9 Å². The second-order valence-corrected chi connectivity index (χ2v) is 9.57. The molecule has 2 aromatic rings. The summed E-state index contributed by atoms with van der Waals surface area (Å²) in [6.45, 7) is 1.86. The van der Waals surface area contributed by atoms with Crippen molar-refractivity contribution in [3.05, 3.63) is 34.7 Å². The fraction of sp³-hybridized carbons (Fsp3) is 0.583. The lowest BCUT2D eigenvalue weighted by atomic mass is 9.88. The lowest BCUT2D eigenvalue weighted by molar-refractivity contribution is -0.137. The molecule has 2 heterocycles. The molecule has 0 unspecified atom stereocenters. The van der Waals surface area contributed by atoms with Crippen LogP contribution in [-0.2, 0) is 16.0 Å². The summed E-state index contributed by atoms with van der Waals surface area (Å²) in [5, 5.41) is 4.13. The number of hydrogen-bond acceptors (Lipinski definition) is 4. The van der Waals surface area contributed by atoms with E-state index in [1.165, 1.54) is 19.3 Å². The SMILES string of the molecule is COCCNC(=O)c1sc2ccccc2c1C[C@@H]1CCCN1C(=O)C1CCCCC1. The molecular formula is C24H32N2O3S. The molecule has 0 bridgehead atoms. The first-order valence-electron chi connectivity index (χ1n) is 11.3. The number of methoxy groups -OCH3 is 1. The van der Waals surface area contributed by atoms with E-state index in [9.17, 15) is 9.59 Å². The van der Waals surface area contributed by atoms with E-state index in [2.05, 4.69) is 22.3 Å². The van der Waals surface area contributed by atoms with Crippen LogP contribution < -0.4 is 5.32 Å². The molecule has 6 heteroatoms. The first-order chi connectivity index (χ1) is 14.7. The zero-order valence-corrected chi connectivity index (χ0v) is 18.6. The summed E-state index contributed by atoms with van der Waals surface area (Å²) in [5.41, 5.74) is 1.10. The Balaban J connectivity index is 1.56. The average molecular weight is 429 g/mol. The molecule has 1 atom stereocenters. The van der Waals surface area contributed by atoms with E-state index in [0.29, 0.717) is 19.1 Å². The van der Waals surface area contributed by atoms with Crippen molar-refractivity contribution in [2.24, 2.45) is 5.92 Å². The number of ether oxygens (including phenoxy) is 1. The lowest BCUT2D eigenvalue weighted by Crippen LogP contribution is -2.41.